The van der Waals surface area contributed by atoms with E-state index in [0.717, 1.165) is 38.2 Å². The number of aromatic nitrogens is 2. The molecule has 2 aromatic heterocycles. The van der Waals surface area contributed by atoms with Crippen molar-refractivity contribution in [1.82, 2.24) is 20.2 Å². The van der Waals surface area contributed by atoms with E-state index in [1.54, 1.807) is 19.3 Å². The first-order valence-corrected chi connectivity index (χ1v) is 11.4. The number of pyridine rings is 2. The second kappa shape index (κ2) is 9.68. The van der Waals surface area contributed by atoms with Gasteiger partial charge in [-0.25, -0.2) is 4.98 Å². The number of piperidine rings is 1. The predicted octanol–water partition coefficient (Wildman–Crippen LogP) is 2.10. The van der Waals surface area contributed by atoms with Crippen LogP contribution in [0.15, 0.2) is 29.2 Å². The molecule has 1 amide bonds. The van der Waals surface area contributed by atoms with Crippen LogP contribution in [0, 0.1) is 5.41 Å². The number of halogens is 3. The van der Waals surface area contributed by atoms with Gasteiger partial charge in [-0.05, 0) is 44.0 Å². The maximum atomic E-state index is 13.1. The molecule has 2 aliphatic heterocycles. The van der Waals surface area contributed by atoms with Gasteiger partial charge in [0.05, 0.1) is 11.9 Å². The topological polar surface area (TPSA) is 131 Å². The van der Waals surface area contributed by atoms with Gasteiger partial charge in [0.1, 0.15) is 17.1 Å². The lowest BCUT2D eigenvalue weighted by molar-refractivity contribution is -0.0587. The molecule has 188 valence electrons. The minimum Gasteiger partial charge on any atom is -0.394 e. The quantitative estimate of drug-likeness (QED) is 0.474. The summed E-state index contributed by atoms with van der Waals surface area (Å²) in [6, 6.07) is 5.12. The predicted molar refractivity (Wildman–Crippen MR) is 126 cm³/mol. The average Bonchev–Trinajstić information content (AvgIpc) is 3.35. The molecule has 2 saturated heterocycles. The largest absolute Gasteiger partial charge is 0.433 e. The van der Waals surface area contributed by atoms with E-state index < -0.39 is 28.7 Å². The Bertz CT molecular complexity index is 1160. The Morgan fingerprint density at radius 1 is 1.23 bits per heavy atom. The first-order valence-electron chi connectivity index (χ1n) is 11.4. The molecule has 2 aromatic rings. The third kappa shape index (κ3) is 5.16. The lowest BCUT2D eigenvalue weighted by Gasteiger charge is -2.37. The van der Waals surface area contributed by atoms with Crippen LogP contribution in [0.25, 0.3) is 0 Å². The number of alkyl halides is 3. The van der Waals surface area contributed by atoms with Gasteiger partial charge in [-0.2, -0.15) is 13.2 Å². The zero-order valence-corrected chi connectivity index (χ0v) is 19.3. The fraction of sp³-hybridized carbons (Fsp3) is 0.478. The second-order valence-corrected chi connectivity index (χ2v) is 8.93. The number of nitrogen functional groups attached to an aromatic ring is 1. The number of carbonyl (C=O) groups is 1. The fourth-order valence-electron chi connectivity index (χ4n) is 4.87. The summed E-state index contributed by atoms with van der Waals surface area (Å²) in [5, 5.41) is 9.97. The summed E-state index contributed by atoms with van der Waals surface area (Å²) in [6.07, 6.45) is -0.667. The normalized spacial score (nSPS) is 19.7. The Kier molecular flexibility index (Phi) is 6.84. The second-order valence-electron chi connectivity index (χ2n) is 8.93. The van der Waals surface area contributed by atoms with Crippen LogP contribution < -0.4 is 21.5 Å². The standard InChI is InChI=1S/C23H28F3N7O2/c1-29-21(34)17-3-2-15(11-30-17)32-8-5-14(6-9-32)33-7-4-13(12-33)18-10-16(19(27)22(35)31-18)20(28)23(24,25)26/h2-3,10-11,13-14,28H,4-9,12,27H2,1H3,(H,29,34)(H,31,35). The monoisotopic (exact) mass is 491 g/mol. The SMILES string of the molecule is CNC(=O)c1ccc(N2CCC(N3CCC(c4cc(C(=N)C(F)(F)F)c(N)c(=O)[nH]4)C3)CC2)cn1. The van der Waals surface area contributed by atoms with Gasteiger partial charge in [0.15, 0.2) is 0 Å². The number of nitrogens with zero attached hydrogens (tertiary/aromatic N) is 3. The molecule has 2 aliphatic rings. The zero-order chi connectivity index (χ0) is 25.3. The first-order chi connectivity index (χ1) is 16.6. The molecule has 35 heavy (non-hydrogen) atoms. The van der Waals surface area contributed by atoms with Gasteiger partial charge in [0.25, 0.3) is 11.5 Å². The highest BCUT2D eigenvalue weighted by atomic mass is 19.4. The molecule has 0 aliphatic carbocycles. The van der Waals surface area contributed by atoms with Crippen LogP contribution in [-0.4, -0.2) is 71.9 Å². The van der Waals surface area contributed by atoms with E-state index in [0.29, 0.717) is 30.4 Å². The number of aromatic amines is 1. The van der Waals surface area contributed by atoms with Gasteiger partial charge >= 0.3 is 6.18 Å². The smallest absolute Gasteiger partial charge is 0.394 e. The third-order valence-electron chi connectivity index (χ3n) is 6.86. The minimum atomic E-state index is -4.88. The average molecular weight is 492 g/mol. The van der Waals surface area contributed by atoms with E-state index in [-0.39, 0.29) is 11.8 Å². The number of H-pyrrole nitrogens is 1. The van der Waals surface area contributed by atoms with Crippen LogP contribution in [0.2, 0.25) is 0 Å². The lowest BCUT2D eigenvalue weighted by atomic mass is 9.99. The molecule has 1 unspecified atom stereocenters. The van der Waals surface area contributed by atoms with Crippen molar-refractivity contribution < 1.29 is 18.0 Å². The fourth-order valence-corrected chi connectivity index (χ4v) is 4.87. The number of nitrogens with two attached hydrogens (primary N) is 1. The van der Waals surface area contributed by atoms with Crippen molar-refractivity contribution in [1.29, 1.82) is 5.41 Å². The van der Waals surface area contributed by atoms with Crippen molar-refractivity contribution >= 4 is 23.0 Å². The maximum Gasteiger partial charge on any atom is 0.433 e. The Morgan fingerprint density at radius 2 is 1.94 bits per heavy atom. The molecule has 0 radical (unpaired) electrons. The number of rotatable bonds is 5. The van der Waals surface area contributed by atoms with Gasteiger partial charge in [-0.1, -0.05) is 0 Å². The highest BCUT2D eigenvalue weighted by molar-refractivity contribution is 6.06. The van der Waals surface area contributed by atoms with Gasteiger partial charge < -0.3 is 20.9 Å². The van der Waals surface area contributed by atoms with Crippen molar-refractivity contribution in [2.45, 2.75) is 37.4 Å². The van der Waals surface area contributed by atoms with Crippen molar-refractivity contribution in [2.24, 2.45) is 0 Å². The van der Waals surface area contributed by atoms with Crippen LogP contribution in [0.3, 0.4) is 0 Å². The molecule has 0 spiro atoms. The number of likely N-dealkylation sites (tertiary alicyclic amines) is 1. The molecule has 4 rings (SSSR count). The Hall–Kier alpha value is -3.41. The van der Waals surface area contributed by atoms with E-state index in [4.69, 9.17) is 11.1 Å². The van der Waals surface area contributed by atoms with E-state index in [1.165, 1.54) is 6.07 Å². The summed E-state index contributed by atoms with van der Waals surface area (Å²) in [5.41, 5.74) is 3.70. The summed E-state index contributed by atoms with van der Waals surface area (Å²) in [4.78, 5) is 35.2. The van der Waals surface area contributed by atoms with Gasteiger partial charge in [0, 0.05) is 49.9 Å². The molecule has 1 atom stereocenters. The van der Waals surface area contributed by atoms with Crippen LogP contribution in [0.1, 0.15) is 46.9 Å². The molecule has 9 nitrogen and oxygen atoms in total. The van der Waals surface area contributed by atoms with E-state index >= 15 is 0 Å². The number of hydrogen-bond donors (Lipinski definition) is 4. The van der Waals surface area contributed by atoms with Crippen LogP contribution >= 0.6 is 0 Å². The van der Waals surface area contributed by atoms with Gasteiger partial charge in [-0.3, -0.25) is 19.9 Å². The molecule has 12 heteroatoms. The molecular weight excluding hydrogens is 463 g/mol. The number of nitrogens with one attached hydrogen (secondary N) is 3. The Balaban J connectivity index is 1.39. The highest BCUT2D eigenvalue weighted by Crippen LogP contribution is 2.32. The van der Waals surface area contributed by atoms with Crippen molar-refractivity contribution in [2.75, 3.05) is 43.9 Å². The molecule has 5 N–H and O–H groups in total. The van der Waals surface area contributed by atoms with E-state index in [1.807, 2.05) is 6.07 Å². The van der Waals surface area contributed by atoms with Crippen molar-refractivity contribution in [3.63, 3.8) is 0 Å². The number of carbonyl (C=O) groups excluding carboxylic acids is 1. The van der Waals surface area contributed by atoms with Crippen molar-refractivity contribution in [3.05, 3.63) is 51.7 Å². The molecule has 4 heterocycles. The molecule has 2 fully saturated rings. The molecular formula is C23H28F3N7O2. The zero-order valence-electron chi connectivity index (χ0n) is 19.3. The summed E-state index contributed by atoms with van der Waals surface area (Å²) in [5.74, 6) is -0.369. The van der Waals surface area contributed by atoms with Gasteiger partial charge in [-0.15, -0.1) is 0 Å². The van der Waals surface area contributed by atoms with Gasteiger partial charge in [0.2, 0.25) is 0 Å². The van der Waals surface area contributed by atoms with E-state index in [9.17, 15) is 22.8 Å². The number of anilines is 2. The lowest BCUT2D eigenvalue weighted by Crippen LogP contribution is -2.44. The van der Waals surface area contributed by atoms with Crippen molar-refractivity contribution in [3.8, 4) is 0 Å². The third-order valence-corrected chi connectivity index (χ3v) is 6.86. The van der Waals surface area contributed by atoms with E-state index in [2.05, 4.69) is 25.1 Å². The summed E-state index contributed by atoms with van der Waals surface area (Å²) < 4.78 is 39.2. The Labute approximate surface area is 200 Å². The van der Waals surface area contributed by atoms with Crippen LogP contribution in [-0.2, 0) is 0 Å². The maximum absolute atomic E-state index is 13.1. The van der Waals surface area contributed by atoms with Crippen LogP contribution in [0.5, 0.6) is 0 Å². The molecule has 0 aromatic carbocycles. The minimum absolute atomic E-state index is 0.137. The van der Waals surface area contributed by atoms with Crippen LogP contribution in [0.4, 0.5) is 24.5 Å². The number of amides is 1. The highest BCUT2D eigenvalue weighted by Gasteiger charge is 2.38. The first kappa shape index (κ1) is 24.7. The molecule has 0 saturated carbocycles. The summed E-state index contributed by atoms with van der Waals surface area (Å²) in [7, 11) is 1.56. The Morgan fingerprint density at radius 3 is 2.54 bits per heavy atom. The summed E-state index contributed by atoms with van der Waals surface area (Å²) >= 11 is 0. The number of hydrogen-bond acceptors (Lipinski definition) is 7. The molecule has 0 bridgehead atoms. The summed E-state index contributed by atoms with van der Waals surface area (Å²) in [6.45, 7) is 3.03.